The lowest BCUT2D eigenvalue weighted by molar-refractivity contribution is 0.0107. The van der Waals surface area contributed by atoms with Crippen LogP contribution in [0.3, 0.4) is 0 Å². The molecule has 6 nitrogen and oxygen atoms in total. The van der Waals surface area contributed by atoms with Crippen LogP contribution >= 0.6 is 0 Å². The molecule has 2 aromatic rings. The summed E-state index contributed by atoms with van der Waals surface area (Å²) in [5.74, 6) is -3.96. The van der Waals surface area contributed by atoms with Gasteiger partial charge in [-0.2, -0.15) is 5.10 Å². The number of methoxy groups -OCH3 is 1. The van der Waals surface area contributed by atoms with Crippen LogP contribution in [-0.4, -0.2) is 35.1 Å². The van der Waals surface area contributed by atoms with Crippen LogP contribution in [-0.2, 0) is 17.8 Å². The summed E-state index contributed by atoms with van der Waals surface area (Å²) in [5, 5.41) is 10.5. The van der Waals surface area contributed by atoms with E-state index in [2.05, 4.69) is 15.7 Å². The fourth-order valence-corrected chi connectivity index (χ4v) is 2.49. The molecule has 1 atom stereocenters. The summed E-state index contributed by atoms with van der Waals surface area (Å²) in [5.41, 5.74) is 7.23. The minimum atomic E-state index is -1.48. The number of hydrogen-bond acceptors (Lipinski definition) is 5. The Balaban J connectivity index is 2.02. The highest BCUT2D eigenvalue weighted by molar-refractivity contribution is 5.48. The van der Waals surface area contributed by atoms with Gasteiger partial charge in [0.15, 0.2) is 17.5 Å². The minimum absolute atomic E-state index is 0.00809. The summed E-state index contributed by atoms with van der Waals surface area (Å²) in [6.07, 6.45) is 1.68. The van der Waals surface area contributed by atoms with Crippen LogP contribution in [0.5, 0.6) is 0 Å². The van der Waals surface area contributed by atoms with Crippen LogP contribution in [0.1, 0.15) is 26.5 Å². The van der Waals surface area contributed by atoms with E-state index in [-0.39, 0.29) is 23.9 Å². The maximum absolute atomic E-state index is 13.3. The molecule has 27 heavy (non-hydrogen) atoms. The second-order valence-corrected chi connectivity index (χ2v) is 6.79. The molecule has 0 aliphatic heterocycles. The minimum Gasteiger partial charge on any atom is -0.383 e. The first-order chi connectivity index (χ1) is 12.7. The molecule has 150 valence electrons. The van der Waals surface area contributed by atoms with Crippen molar-refractivity contribution in [1.82, 2.24) is 9.78 Å². The van der Waals surface area contributed by atoms with Crippen LogP contribution in [0.4, 0.5) is 24.5 Å². The van der Waals surface area contributed by atoms with Crippen LogP contribution in [0.15, 0.2) is 18.3 Å². The summed E-state index contributed by atoms with van der Waals surface area (Å²) < 4.78 is 46.7. The van der Waals surface area contributed by atoms with Crippen LogP contribution in [0, 0.1) is 17.5 Å². The topological polar surface area (TPSA) is 77.1 Å². The highest BCUT2D eigenvalue weighted by Crippen LogP contribution is 2.22. The van der Waals surface area contributed by atoms with Crippen molar-refractivity contribution in [1.29, 1.82) is 0 Å². The predicted octanol–water partition coefficient (Wildman–Crippen LogP) is 3.10. The molecule has 0 aliphatic rings. The second-order valence-electron chi connectivity index (χ2n) is 6.79. The number of rotatable bonds is 9. The Morgan fingerprint density at radius 2 is 1.89 bits per heavy atom. The Bertz CT molecular complexity index is 755. The standard InChI is InChI=1S/C18H26F3N5O/c1-11(18(2,3)27-4)25-15-10-24-26(16(15)9-22)6-5-23-12-7-13(19)17(21)14(20)8-12/h7-8,10-11,23,25H,5-6,9,22H2,1-4H3. The van der Waals surface area contributed by atoms with Crippen molar-refractivity contribution < 1.29 is 17.9 Å². The first-order valence-electron chi connectivity index (χ1n) is 8.64. The molecule has 0 aliphatic carbocycles. The van der Waals surface area contributed by atoms with E-state index in [1.54, 1.807) is 18.0 Å². The molecule has 9 heteroatoms. The third kappa shape index (κ3) is 4.92. The van der Waals surface area contributed by atoms with Crippen molar-refractivity contribution in [2.24, 2.45) is 5.73 Å². The maximum atomic E-state index is 13.3. The van der Waals surface area contributed by atoms with E-state index in [1.165, 1.54) is 0 Å². The molecule has 4 N–H and O–H groups in total. The lowest BCUT2D eigenvalue weighted by Gasteiger charge is -2.31. The second kappa shape index (κ2) is 8.62. The molecule has 0 saturated carbocycles. The van der Waals surface area contributed by atoms with Crippen molar-refractivity contribution in [3.8, 4) is 0 Å². The van der Waals surface area contributed by atoms with Gasteiger partial charge in [-0.15, -0.1) is 0 Å². The summed E-state index contributed by atoms with van der Waals surface area (Å²) in [4.78, 5) is 0. The smallest absolute Gasteiger partial charge is 0.194 e. The molecule has 0 amide bonds. The molecule has 1 aromatic carbocycles. The largest absolute Gasteiger partial charge is 0.383 e. The lowest BCUT2D eigenvalue weighted by Crippen LogP contribution is -2.41. The van der Waals surface area contributed by atoms with Gasteiger partial charge in [-0.05, 0) is 20.8 Å². The molecule has 0 fully saturated rings. The van der Waals surface area contributed by atoms with Gasteiger partial charge in [0.2, 0.25) is 0 Å². The van der Waals surface area contributed by atoms with Gasteiger partial charge < -0.3 is 21.1 Å². The Labute approximate surface area is 156 Å². The normalized spacial score (nSPS) is 12.9. The highest BCUT2D eigenvalue weighted by atomic mass is 19.2. The van der Waals surface area contributed by atoms with Crippen molar-refractivity contribution in [3.63, 3.8) is 0 Å². The van der Waals surface area contributed by atoms with E-state index >= 15 is 0 Å². The first kappa shape index (κ1) is 21.0. The maximum Gasteiger partial charge on any atom is 0.194 e. The summed E-state index contributed by atoms with van der Waals surface area (Å²) in [6, 6.07) is 1.83. The van der Waals surface area contributed by atoms with E-state index in [1.807, 2.05) is 20.8 Å². The third-order valence-corrected chi connectivity index (χ3v) is 4.72. The van der Waals surface area contributed by atoms with Gasteiger partial charge in [-0.1, -0.05) is 0 Å². The number of hydrogen-bond donors (Lipinski definition) is 3. The predicted molar refractivity (Wildman–Crippen MR) is 99.1 cm³/mol. The van der Waals surface area contributed by atoms with Crippen molar-refractivity contribution >= 4 is 11.4 Å². The van der Waals surface area contributed by atoms with E-state index in [4.69, 9.17) is 10.5 Å². The van der Waals surface area contributed by atoms with Crippen LogP contribution in [0.25, 0.3) is 0 Å². The Kier molecular flexibility index (Phi) is 6.72. The summed E-state index contributed by atoms with van der Waals surface area (Å²) >= 11 is 0. The van der Waals surface area contributed by atoms with Gasteiger partial charge in [0.05, 0.1) is 35.8 Å². The fraction of sp³-hybridized carbons (Fsp3) is 0.500. The molecular formula is C18H26F3N5O. The zero-order valence-electron chi connectivity index (χ0n) is 15.9. The molecule has 0 saturated heterocycles. The highest BCUT2D eigenvalue weighted by Gasteiger charge is 2.26. The van der Waals surface area contributed by atoms with Gasteiger partial charge in [-0.25, -0.2) is 13.2 Å². The van der Waals surface area contributed by atoms with Crippen molar-refractivity contribution in [2.45, 2.75) is 45.5 Å². The van der Waals surface area contributed by atoms with E-state index in [0.29, 0.717) is 13.1 Å². The summed E-state index contributed by atoms with van der Waals surface area (Å²) in [6.45, 7) is 6.96. The monoisotopic (exact) mass is 385 g/mol. The number of nitrogens with two attached hydrogens (primary N) is 1. The van der Waals surface area contributed by atoms with Gasteiger partial charge in [-0.3, -0.25) is 4.68 Å². The average Bonchev–Trinajstić information content (AvgIpc) is 3.01. The molecule has 0 bridgehead atoms. The number of nitrogens with zero attached hydrogens (tertiary/aromatic N) is 2. The number of nitrogens with one attached hydrogen (secondary N) is 2. The SMILES string of the molecule is COC(C)(C)C(C)Nc1cnn(CCNc2cc(F)c(F)c(F)c2)c1CN. The number of anilines is 2. The number of benzene rings is 1. The fourth-order valence-electron chi connectivity index (χ4n) is 2.49. The zero-order chi connectivity index (χ0) is 20.2. The third-order valence-electron chi connectivity index (χ3n) is 4.72. The molecule has 1 heterocycles. The van der Waals surface area contributed by atoms with Gasteiger partial charge in [0, 0.05) is 38.0 Å². The number of aromatic nitrogens is 2. The van der Waals surface area contributed by atoms with E-state index in [9.17, 15) is 13.2 Å². The molecule has 0 spiro atoms. The molecule has 0 radical (unpaired) electrons. The Morgan fingerprint density at radius 3 is 2.44 bits per heavy atom. The van der Waals surface area contributed by atoms with Gasteiger partial charge >= 0.3 is 0 Å². The molecule has 1 unspecified atom stereocenters. The van der Waals surface area contributed by atoms with E-state index in [0.717, 1.165) is 23.5 Å². The van der Waals surface area contributed by atoms with Gasteiger partial charge in [0.25, 0.3) is 0 Å². The van der Waals surface area contributed by atoms with Crippen molar-refractivity contribution in [3.05, 3.63) is 41.5 Å². The molecular weight excluding hydrogens is 359 g/mol. The van der Waals surface area contributed by atoms with Crippen molar-refractivity contribution in [2.75, 3.05) is 24.3 Å². The first-order valence-corrected chi connectivity index (χ1v) is 8.64. The average molecular weight is 385 g/mol. The van der Waals surface area contributed by atoms with E-state index < -0.39 is 17.5 Å². The van der Waals surface area contributed by atoms with Gasteiger partial charge in [0.1, 0.15) is 0 Å². The number of halogens is 3. The molecule has 1 aromatic heterocycles. The summed E-state index contributed by atoms with van der Waals surface area (Å²) in [7, 11) is 1.65. The lowest BCUT2D eigenvalue weighted by atomic mass is 10.00. The number of ether oxygens (including phenoxy) is 1. The Morgan fingerprint density at radius 1 is 1.26 bits per heavy atom. The molecule has 2 rings (SSSR count). The Hall–Kier alpha value is -2.26. The zero-order valence-corrected chi connectivity index (χ0v) is 15.9. The van der Waals surface area contributed by atoms with Crippen LogP contribution in [0.2, 0.25) is 0 Å². The van der Waals surface area contributed by atoms with Crippen LogP contribution < -0.4 is 16.4 Å². The quantitative estimate of drug-likeness (QED) is 0.578.